The molecule has 7 heteroatoms. The van der Waals surface area contributed by atoms with Crippen LogP contribution in [0.2, 0.25) is 0 Å². The van der Waals surface area contributed by atoms with Gasteiger partial charge in [0.05, 0.1) is 10.9 Å². The predicted octanol–water partition coefficient (Wildman–Crippen LogP) is 1.91. The van der Waals surface area contributed by atoms with Gasteiger partial charge in [-0.3, -0.25) is 4.79 Å². The second-order valence-corrected chi connectivity index (χ2v) is 6.44. The number of phenols is 1. The number of carbonyl (C=O) groups is 2. The highest BCUT2D eigenvalue weighted by Gasteiger charge is 2.48. The van der Waals surface area contributed by atoms with E-state index in [4.69, 9.17) is 0 Å². The Balaban J connectivity index is 1.93. The molecule has 0 bridgehead atoms. The second kappa shape index (κ2) is 5.22. The van der Waals surface area contributed by atoms with E-state index in [1.165, 1.54) is 22.7 Å². The van der Waals surface area contributed by atoms with Crippen LogP contribution in [0.4, 0.5) is 4.39 Å². The number of amides is 1. The number of phenolic OH excluding ortho intramolecular Hbond substituents is 1. The molecule has 1 saturated heterocycles. The van der Waals surface area contributed by atoms with E-state index in [9.17, 15) is 24.2 Å². The molecule has 2 unspecified atom stereocenters. The maximum Gasteiger partial charge on any atom is 0.327 e. The van der Waals surface area contributed by atoms with Crippen LogP contribution in [0.5, 0.6) is 5.75 Å². The second-order valence-electron chi connectivity index (χ2n) is 5.29. The Kier molecular flexibility index (Phi) is 3.52. The Morgan fingerprint density at radius 1 is 1.33 bits per heavy atom. The number of aliphatic carboxylic acids is 1. The van der Waals surface area contributed by atoms with Crippen molar-refractivity contribution in [2.75, 3.05) is 5.75 Å². The predicted molar refractivity (Wildman–Crippen MR) is 74.6 cm³/mol. The number of hydrogen-bond donors (Lipinski definition) is 2. The lowest BCUT2D eigenvalue weighted by molar-refractivity contribution is -0.141. The van der Waals surface area contributed by atoms with Crippen LogP contribution in [-0.4, -0.2) is 44.2 Å². The van der Waals surface area contributed by atoms with Crippen molar-refractivity contribution >= 4 is 23.6 Å². The van der Waals surface area contributed by atoms with Crippen molar-refractivity contribution in [3.63, 3.8) is 0 Å². The van der Waals surface area contributed by atoms with Crippen molar-refractivity contribution in [3.8, 4) is 5.75 Å². The SMILES string of the molecule is O=C(O)C1CSC(C2CC2)N1C(=O)c1ccc(F)cc1O. The zero-order chi connectivity index (χ0) is 15.1. The summed E-state index contributed by atoms with van der Waals surface area (Å²) in [5.74, 6) is -2.07. The molecule has 1 aromatic carbocycles. The summed E-state index contributed by atoms with van der Waals surface area (Å²) in [5.41, 5.74) is -0.0594. The number of carboxylic acid groups (broad SMARTS) is 1. The maximum atomic E-state index is 13.0. The third-order valence-electron chi connectivity index (χ3n) is 3.77. The van der Waals surface area contributed by atoms with Crippen LogP contribution in [0, 0.1) is 11.7 Å². The number of hydrogen-bond acceptors (Lipinski definition) is 4. The molecule has 1 heterocycles. The molecule has 3 rings (SSSR count). The molecule has 2 atom stereocenters. The first-order chi connectivity index (χ1) is 9.99. The lowest BCUT2D eigenvalue weighted by atomic mass is 10.1. The highest BCUT2D eigenvalue weighted by Crippen LogP contribution is 2.46. The number of carbonyl (C=O) groups excluding carboxylic acids is 1. The Hall–Kier alpha value is -1.76. The minimum Gasteiger partial charge on any atom is -0.507 e. The number of carboxylic acids is 1. The van der Waals surface area contributed by atoms with Gasteiger partial charge >= 0.3 is 5.97 Å². The molecule has 0 radical (unpaired) electrons. The van der Waals surface area contributed by atoms with E-state index in [-0.39, 0.29) is 10.9 Å². The van der Waals surface area contributed by atoms with Gasteiger partial charge in [0.1, 0.15) is 17.6 Å². The summed E-state index contributed by atoms with van der Waals surface area (Å²) in [4.78, 5) is 25.3. The standard InChI is InChI=1S/C14H14FNO4S/c15-8-3-4-9(11(17)5-8)12(18)16-10(14(19)20)6-21-13(16)7-1-2-7/h3-5,7,10,13,17H,1-2,6H2,(H,19,20). The largest absolute Gasteiger partial charge is 0.507 e. The van der Waals surface area contributed by atoms with Crippen LogP contribution in [-0.2, 0) is 4.79 Å². The van der Waals surface area contributed by atoms with Gasteiger partial charge in [-0.1, -0.05) is 0 Å². The summed E-state index contributed by atoms with van der Waals surface area (Å²) in [5, 5.41) is 18.9. The summed E-state index contributed by atoms with van der Waals surface area (Å²) in [6, 6.07) is 2.23. The third kappa shape index (κ3) is 2.57. The normalized spacial score (nSPS) is 25.1. The topological polar surface area (TPSA) is 77.8 Å². The number of thioether (sulfide) groups is 1. The molecule has 0 spiro atoms. The monoisotopic (exact) mass is 311 g/mol. The highest BCUT2D eigenvalue weighted by molar-refractivity contribution is 8.00. The molecule has 1 aromatic rings. The summed E-state index contributed by atoms with van der Waals surface area (Å²) in [6.07, 6.45) is 1.95. The highest BCUT2D eigenvalue weighted by atomic mass is 32.2. The molecule has 1 aliphatic heterocycles. The van der Waals surface area contributed by atoms with Gasteiger partial charge in [0, 0.05) is 11.8 Å². The van der Waals surface area contributed by atoms with Gasteiger partial charge in [-0.05, 0) is 30.9 Å². The quantitative estimate of drug-likeness (QED) is 0.891. The van der Waals surface area contributed by atoms with E-state index in [1.54, 1.807) is 0 Å². The van der Waals surface area contributed by atoms with E-state index >= 15 is 0 Å². The van der Waals surface area contributed by atoms with Gasteiger partial charge in [-0.15, -0.1) is 11.8 Å². The molecule has 2 fully saturated rings. The zero-order valence-electron chi connectivity index (χ0n) is 11.0. The summed E-state index contributed by atoms with van der Waals surface area (Å²) < 4.78 is 13.0. The van der Waals surface area contributed by atoms with Crippen molar-refractivity contribution in [3.05, 3.63) is 29.6 Å². The smallest absolute Gasteiger partial charge is 0.327 e. The lowest BCUT2D eigenvalue weighted by Crippen LogP contribution is -2.46. The van der Waals surface area contributed by atoms with Gasteiger partial charge in [0.15, 0.2) is 0 Å². The van der Waals surface area contributed by atoms with E-state index in [0.29, 0.717) is 11.7 Å². The van der Waals surface area contributed by atoms with Gasteiger partial charge in [-0.2, -0.15) is 0 Å². The minimum atomic E-state index is -1.05. The van der Waals surface area contributed by atoms with Crippen LogP contribution in [0.1, 0.15) is 23.2 Å². The molecule has 0 aromatic heterocycles. The summed E-state index contributed by atoms with van der Waals surface area (Å²) in [7, 11) is 0. The Morgan fingerprint density at radius 3 is 2.62 bits per heavy atom. The maximum absolute atomic E-state index is 13.0. The number of benzene rings is 1. The summed E-state index contributed by atoms with van der Waals surface area (Å²) >= 11 is 1.46. The fourth-order valence-corrected chi connectivity index (χ4v) is 4.17. The van der Waals surface area contributed by atoms with E-state index < -0.39 is 29.5 Å². The molecule has 1 saturated carbocycles. The number of halogens is 1. The first kappa shape index (κ1) is 14.2. The van der Waals surface area contributed by atoms with Crippen LogP contribution in [0.3, 0.4) is 0 Å². The molecular formula is C14H14FNO4S. The Morgan fingerprint density at radius 2 is 2.05 bits per heavy atom. The van der Waals surface area contributed by atoms with Crippen LogP contribution in [0.15, 0.2) is 18.2 Å². The minimum absolute atomic E-state index is 0.0594. The molecule has 1 amide bonds. The van der Waals surface area contributed by atoms with Crippen molar-refractivity contribution in [2.45, 2.75) is 24.3 Å². The number of nitrogens with zero attached hydrogens (tertiary/aromatic N) is 1. The summed E-state index contributed by atoms with van der Waals surface area (Å²) in [6.45, 7) is 0. The van der Waals surface area contributed by atoms with Gasteiger partial charge < -0.3 is 15.1 Å². The lowest BCUT2D eigenvalue weighted by Gasteiger charge is -2.27. The Bertz CT molecular complexity index is 605. The molecular weight excluding hydrogens is 297 g/mol. The first-order valence-corrected chi connectivity index (χ1v) is 7.69. The Labute approximate surface area is 124 Å². The first-order valence-electron chi connectivity index (χ1n) is 6.64. The van der Waals surface area contributed by atoms with Crippen LogP contribution in [0.25, 0.3) is 0 Å². The van der Waals surface area contributed by atoms with E-state index in [0.717, 1.165) is 25.0 Å². The van der Waals surface area contributed by atoms with Crippen molar-refractivity contribution in [1.29, 1.82) is 0 Å². The molecule has 2 aliphatic rings. The van der Waals surface area contributed by atoms with Crippen molar-refractivity contribution in [1.82, 2.24) is 4.90 Å². The van der Waals surface area contributed by atoms with E-state index in [2.05, 4.69) is 0 Å². The van der Waals surface area contributed by atoms with Crippen LogP contribution >= 0.6 is 11.8 Å². The molecule has 5 nitrogen and oxygen atoms in total. The van der Waals surface area contributed by atoms with Gasteiger partial charge in [0.2, 0.25) is 0 Å². The average Bonchev–Trinajstić information content (AvgIpc) is 3.16. The third-order valence-corrected chi connectivity index (χ3v) is 5.23. The number of rotatable bonds is 3. The van der Waals surface area contributed by atoms with Crippen molar-refractivity contribution < 1.29 is 24.2 Å². The zero-order valence-corrected chi connectivity index (χ0v) is 11.8. The fraction of sp³-hybridized carbons (Fsp3) is 0.429. The molecule has 1 aliphatic carbocycles. The van der Waals surface area contributed by atoms with Crippen molar-refractivity contribution in [2.24, 2.45) is 5.92 Å². The fourth-order valence-electron chi connectivity index (χ4n) is 2.54. The number of aromatic hydroxyl groups is 1. The average molecular weight is 311 g/mol. The van der Waals surface area contributed by atoms with Gasteiger partial charge in [-0.25, -0.2) is 9.18 Å². The van der Waals surface area contributed by atoms with E-state index in [1.807, 2.05) is 0 Å². The molecule has 2 N–H and O–H groups in total. The molecule has 112 valence electrons. The van der Waals surface area contributed by atoms with Crippen LogP contribution < -0.4 is 0 Å². The van der Waals surface area contributed by atoms with Gasteiger partial charge in [0.25, 0.3) is 5.91 Å². The molecule has 21 heavy (non-hydrogen) atoms.